The first-order valence-electron chi connectivity index (χ1n) is 5.14. The molecule has 0 bridgehead atoms. The molecule has 2 aromatic rings. The summed E-state index contributed by atoms with van der Waals surface area (Å²) in [6.45, 7) is 1.29. The van der Waals surface area contributed by atoms with Gasteiger partial charge in [-0.15, -0.1) is 0 Å². The molecule has 2 N–H and O–H groups in total. The molecule has 0 saturated heterocycles. The Morgan fingerprint density at radius 1 is 1.62 bits per heavy atom. The molecule has 1 atom stereocenters. The molecule has 0 fully saturated rings. The quantitative estimate of drug-likeness (QED) is 0.824. The van der Waals surface area contributed by atoms with Gasteiger partial charge in [-0.25, -0.2) is 0 Å². The maximum absolute atomic E-state index is 9.82. The van der Waals surface area contributed by atoms with E-state index < -0.39 is 6.10 Å². The van der Waals surface area contributed by atoms with Gasteiger partial charge in [0.15, 0.2) is 0 Å². The van der Waals surface area contributed by atoms with Crippen molar-refractivity contribution in [3.8, 4) is 0 Å². The Morgan fingerprint density at radius 3 is 3.12 bits per heavy atom. The average Bonchev–Trinajstić information content (AvgIpc) is 2.89. The lowest BCUT2D eigenvalue weighted by molar-refractivity contribution is 0.175. The van der Waals surface area contributed by atoms with Gasteiger partial charge in [0.1, 0.15) is 0 Å². The highest BCUT2D eigenvalue weighted by molar-refractivity contribution is 7.07. The molecule has 16 heavy (non-hydrogen) atoms. The van der Waals surface area contributed by atoms with E-state index in [1.165, 1.54) is 0 Å². The number of hydrogen-bond acceptors (Lipinski definition) is 4. The summed E-state index contributed by atoms with van der Waals surface area (Å²) in [5.41, 5.74) is 2.10. The van der Waals surface area contributed by atoms with E-state index in [2.05, 4.69) is 10.4 Å². The van der Waals surface area contributed by atoms with Crippen LogP contribution in [0.25, 0.3) is 0 Å². The van der Waals surface area contributed by atoms with E-state index in [0.29, 0.717) is 6.54 Å². The minimum atomic E-state index is -0.428. The fourth-order valence-corrected chi connectivity index (χ4v) is 2.21. The summed E-state index contributed by atoms with van der Waals surface area (Å²) < 4.78 is 1.77. The second-order valence-electron chi connectivity index (χ2n) is 3.73. The zero-order chi connectivity index (χ0) is 11.4. The van der Waals surface area contributed by atoms with Crippen molar-refractivity contribution < 1.29 is 5.11 Å². The molecule has 86 valence electrons. The molecule has 4 nitrogen and oxygen atoms in total. The fraction of sp³-hybridized carbons (Fsp3) is 0.364. The van der Waals surface area contributed by atoms with Crippen molar-refractivity contribution in [3.63, 3.8) is 0 Å². The van der Waals surface area contributed by atoms with Gasteiger partial charge in [0.25, 0.3) is 0 Å². The van der Waals surface area contributed by atoms with Crippen LogP contribution in [-0.2, 0) is 13.6 Å². The second kappa shape index (κ2) is 5.25. The van der Waals surface area contributed by atoms with Crippen LogP contribution in [0.2, 0.25) is 0 Å². The molecule has 5 heteroatoms. The summed E-state index contributed by atoms with van der Waals surface area (Å²) in [5.74, 6) is 0. The van der Waals surface area contributed by atoms with Crippen LogP contribution in [0.5, 0.6) is 0 Å². The Balaban J connectivity index is 1.76. The van der Waals surface area contributed by atoms with Crippen LogP contribution in [0.4, 0.5) is 0 Å². The minimum absolute atomic E-state index is 0.428. The summed E-state index contributed by atoms with van der Waals surface area (Å²) in [7, 11) is 1.89. The van der Waals surface area contributed by atoms with Crippen LogP contribution >= 0.6 is 11.3 Å². The van der Waals surface area contributed by atoms with E-state index in [0.717, 1.165) is 17.7 Å². The van der Waals surface area contributed by atoms with Gasteiger partial charge in [0, 0.05) is 31.9 Å². The summed E-state index contributed by atoms with van der Waals surface area (Å²) in [5, 5.41) is 21.0. The van der Waals surface area contributed by atoms with Crippen molar-refractivity contribution >= 4 is 11.3 Å². The molecule has 2 rings (SSSR count). The zero-order valence-corrected chi connectivity index (χ0v) is 9.94. The molecule has 2 aromatic heterocycles. The molecule has 0 aliphatic carbocycles. The third kappa shape index (κ3) is 2.91. The van der Waals surface area contributed by atoms with E-state index in [1.807, 2.05) is 36.3 Å². The maximum atomic E-state index is 9.82. The van der Waals surface area contributed by atoms with Crippen molar-refractivity contribution in [1.82, 2.24) is 15.1 Å². The van der Waals surface area contributed by atoms with Gasteiger partial charge in [0.05, 0.1) is 12.3 Å². The van der Waals surface area contributed by atoms with Crippen LogP contribution in [0.15, 0.2) is 29.2 Å². The molecule has 0 radical (unpaired) electrons. The van der Waals surface area contributed by atoms with Crippen LogP contribution < -0.4 is 5.32 Å². The number of nitrogens with one attached hydrogen (secondary N) is 1. The van der Waals surface area contributed by atoms with E-state index in [9.17, 15) is 5.11 Å². The monoisotopic (exact) mass is 237 g/mol. The zero-order valence-electron chi connectivity index (χ0n) is 9.13. The smallest absolute Gasteiger partial charge is 0.0922 e. The summed E-state index contributed by atoms with van der Waals surface area (Å²) in [6, 6.07) is 1.95. The van der Waals surface area contributed by atoms with Gasteiger partial charge < -0.3 is 10.4 Å². The molecule has 0 spiro atoms. The lowest BCUT2D eigenvalue weighted by Gasteiger charge is -2.09. The van der Waals surface area contributed by atoms with Crippen molar-refractivity contribution in [2.24, 2.45) is 7.05 Å². The largest absolute Gasteiger partial charge is 0.387 e. The first-order chi connectivity index (χ1) is 7.75. The summed E-state index contributed by atoms with van der Waals surface area (Å²) in [4.78, 5) is 0. The number of aryl methyl sites for hydroxylation is 1. The molecule has 0 aliphatic rings. The number of aliphatic hydroxyl groups excluding tert-OH is 1. The first-order valence-corrected chi connectivity index (χ1v) is 6.08. The highest BCUT2D eigenvalue weighted by Gasteiger charge is 2.06. The number of nitrogens with zero attached hydrogens (tertiary/aromatic N) is 2. The van der Waals surface area contributed by atoms with Crippen molar-refractivity contribution in [1.29, 1.82) is 0 Å². The second-order valence-corrected chi connectivity index (χ2v) is 4.51. The molecule has 0 saturated carbocycles. The van der Waals surface area contributed by atoms with Gasteiger partial charge in [-0.1, -0.05) is 0 Å². The molecule has 0 amide bonds. The number of hydrogen-bond donors (Lipinski definition) is 2. The van der Waals surface area contributed by atoms with Gasteiger partial charge in [-0.3, -0.25) is 4.68 Å². The molecular formula is C11H15N3OS. The Morgan fingerprint density at radius 2 is 2.50 bits per heavy atom. The standard InChI is InChI=1S/C11H15N3OS/c1-14-7-9(5-13-14)4-12-6-11(15)10-2-3-16-8-10/h2-3,5,7-8,11-12,15H,4,6H2,1H3. The lowest BCUT2D eigenvalue weighted by atomic mass is 10.2. The molecule has 2 heterocycles. The number of aromatic nitrogens is 2. The Labute approximate surface area is 98.5 Å². The maximum Gasteiger partial charge on any atom is 0.0922 e. The highest BCUT2D eigenvalue weighted by Crippen LogP contribution is 2.15. The molecule has 1 unspecified atom stereocenters. The molecular weight excluding hydrogens is 222 g/mol. The van der Waals surface area contributed by atoms with E-state index >= 15 is 0 Å². The minimum Gasteiger partial charge on any atom is -0.387 e. The Hall–Kier alpha value is -1.17. The SMILES string of the molecule is Cn1cc(CNCC(O)c2ccsc2)cn1. The van der Waals surface area contributed by atoms with Gasteiger partial charge in [0.2, 0.25) is 0 Å². The average molecular weight is 237 g/mol. The van der Waals surface area contributed by atoms with Crippen molar-refractivity contribution in [3.05, 3.63) is 40.3 Å². The van der Waals surface area contributed by atoms with Crippen LogP contribution in [0.1, 0.15) is 17.2 Å². The topological polar surface area (TPSA) is 50.1 Å². The van der Waals surface area contributed by atoms with Gasteiger partial charge >= 0.3 is 0 Å². The van der Waals surface area contributed by atoms with Crippen molar-refractivity contribution in [2.75, 3.05) is 6.54 Å². The number of aliphatic hydroxyl groups is 1. The van der Waals surface area contributed by atoms with E-state index in [-0.39, 0.29) is 0 Å². The van der Waals surface area contributed by atoms with Crippen molar-refractivity contribution in [2.45, 2.75) is 12.6 Å². The van der Waals surface area contributed by atoms with Crippen LogP contribution in [0.3, 0.4) is 0 Å². The Bertz CT molecular complexity index is 424. The van der Waals surface area contributed by atoms with Gasteiger partial charge in [-0.2, -0.15) is 16.4 Å². The van der Waals surface area contributed by atoms with Crippen LogP contribution in [0, 0.1) is 0 Å². The number of rotatable bonds is 5. The highest BCUT2D eigenvalue weighted by atomic mass is 32.1. The molecule has 0 aliphatic heterocycles. The summed E-state index contributed by atoms with van der Waals surface area (Å²) >= 11 is 1.60. The predicted octanol–water partition coefficient (Wildman–Crippen LogP) is 1.30. The lowest BCUT2D eigenvalue weighted by Crippen LogP contribution is -2.20. The third-order valence-electron chi connectivity index (χ3n) is 2.35. The Kier molecular flexibility index (Phi) is 3.71. The normalized spacial score (nSPS) is 12.9. The first kappa shape index (κ1) is 11.3. The van der Waals surface area contributed by atoms with E-state index in [4.69, 9.17) is 0 Å². The van der Waals surface area contributed by atoms with Crippen LogP contribution in [-0.4, -0.2) is 21.4 Å². The fourth-order valence-electron chi connectivity index (χ4n) is 1.50. The predicted molar refractivity (Wildman–Crippen MR) is 64.2 cm³/mol. The van der Waals surface area contributed by atoms with Gasteiger partial charge in [-0.05, 0) is 22.4 Å². The van der Waals surface area contributed by atoms with E-state index in [1.54, 1.807) is 16.0 Å². The third-order valence-corrected chi connectivity index (χ3v) is 3.05. The molecule has 0 aromatic carbocycles. The number of thiophene rings is 1. The summed E-state index contributed by atoms with van der Waals surface area (Å²) in [6.07, 6.45) is 3.36.